The molecule has 0 aromatic heterocycles. The first-order valence-corrected chi connectivity index (χ1v) is 1.32. The number of hydrogen-bond acceptors (Lipinski definition) is 2. The molecule has 0 aliphatic rings. The molecule has 0 bridgehead atoms. The van der Waals surface area contributed by atoms with Gasteiger partial charge in [-0.25, -0.2) is 0 Å². The minimum atomic E-state index is -0.634. The fraction of sp³-hybridized carbons (Fsp3) is 0. The molecule has 32 valence electrons. The molecule has 6 heavy (non-hydrogen) atoms. The van der Waals surface area contributed by atoms with Crippen LogP contribution in [0.15, 0.2) is 6.08 Å². The summed E-state index contributed by atoms with van der Waals surface area (Å²) in [6, 6.07) is 0. The third-order valence-corrected chi connectivity index (χ3v) is 0.214. The van der Waals surface area contributed by atoms with Gasteiger partial charge in [-0.3, -0.25) is 10.2 Å². The summed E-state index contributed by atoms with van der Waals surface area (Å²) in [5, 5.41) is 6.13. The van der Waals surface area contributed by atoms with E-state index < -0.39 is 5.91 Å². The van der Waals surface area contributed by atoms with Gasteiger partial charge in [0.1, 0.15) is 0 Å². The van der Waals surface area contributed by atoms with Crippen molar-refractivity contribution < 1.29 is 4.79 Å². The monoisotopic (exact) mass is 84.0 g/mol. The molecule has 0 heterocycles. The Balaban J connectivity index is 3.60. The molecular formula is C3H4N2O. The largest absolute Gasteiger partial charge is 0.366 e. The molecule has 3 heteroatoms. The van der Waals surface area contributed by atoms with Crippen LogP contribution < -0.4 is 5.73 Å². The van der Waals surface area contributed by atoms with Gasteiger partial charge in [-0.1, -0.05) is 0 Å². The summed E-state index contributed by atoms with van der Waals surface area (Å²) in [6.07, 6.45) is 0.847. The molecule has 0 aromatic carbocycles. The van der Waals surface area contributed by atoms with Gasteiger partial charge < -0.3 is 5.73 Å². The van der Waals surface area contributed by atoms with E-state index in [4.69, 9.17) is 5.41 Å². The Bertz CT molecular complexity index is 101. The molecule has 0 saturated heterocycles. The molecule has 1 amide bonds. The molecular weight excluding hydrogens is 80.0 g/mol. The fourth-order valence-electron chi connectivity index (χ4n) is 0.0711. The summed E-state index contributed by atoms with van der Waals surface area (Å²) < 4.78 is 0. The number of carbonyl (C=O) groups is 1. The van der Waals surface area contributed by atoms with Crippen LogP contribution in [-0.2, 0) is 4.79 Å². The predicted molar refractivity (Wildman–Crippen MR) is 21.5 cm³/mol. The van der Waals surface area contributed by atoms with Gasteiger partial charge in [-0.15, -0.1) is 0 Å². The number of primary amides is 1. The Morgan fingerprint density at radius 2 is 2.50 bits per heavy atom. The fourth-order valence-corrected chi connectivity index (χ4v) is 0.0711. The van der Waals surface area contributed by atoms with Crippen molar-refractivity contribution in [2.45, 2.75) is 0 Å². The average Bonchev–Trinajstić information content (AvgIpc) is 1.35. The van der Waals surface area contributed by atoms with E-state index in [2.05, 4.69) is 5.73 Å². The van der Waals surface area contributed by atoms with E-state index in [9.17, 15) is 4.79 Å². The van der Waals surface area contributed by atoms with Gasteiger partial charge >= 0.3 is 0 Å². The lowest BCUT2D eigenvalue weighted by atomic mass is 10.6. The molecule has 3 N–H and O–H groups in total. The third-order valence-electron chi connectivity index (χ3n) is 0.214. The Kier molecular flexibility index (Phi) is 1.78. The molecule has 0 rings (SSSR count). The molecule has 0 unspecified atom stereocenters. The van der Waals surface area contributed by atoms with E-state index in [-0.39, 0.29) is 0 Å². The molecule has 0 atom stereocenters. The summed E-state index contributed by atoms with van der Waals surface area (Å²) in [7, 11) is 0. The van der Waals surface area contributed by atoms with Crippen LogP contribution in [0, 0.1) is 5.41 Å². The first-order chi connectivity index (χ1) is 2.77. The first-order valence-electron chi connectivity index (χ1n) is 1.32. The summed E-state index contributed by atoms with van der Waals surface area (Å²) >= 11 is 0. The lowest BCUT2D eigenvalue weighted by Crippen LogP contribution is -2.05. The smallest absolute Gasteiger partial charge is 0.250 e. The van der Waals surface area contributed by atoms with E-state index in [0.717, 1.165) is 6.08 Å². The van der Waals surface area contributed by atoms with Crippen molar-refractivity contribution in [2.75, 3.05) is 0 Å². The highest BCUT2D eigenvalue weighted by molar-refractivity contribution is 5.93. The number of nitrogens with two attached hydrogens (primary N) is 1. The number of carbonyl (C=O) groups excluding carboxylic acids is 1. The molecule has 0 aliphatic carbocycles. The van der Waals surface area contributed by atoms with Gasteiger partial charge in [-0.05, 0) is 5.87 Å². The first kappa shape index (κ1) is 4.92. The highest BCUT2D eigenvalue weighted by Gasteiger charge is 1.73. The van der Waals surface area contributed by atoms with E-state index in [1.165, 1.54) is 0 Å². The lowest BCUT2D eigenvalue weighted by Gasteiger charge is -1.65. The Morgan fingerprint density at radius 3 is 2.50 bits per heavy atom. The van der Waals surface area contributed by atoms with Crippen LogP contribution in [0.3, 0.4) is 0 Å². The van der Waals surface area contributed by atoms with Crippen molar-refractivity contribution >= 4 is 11.8 Å². The van der Waals surface area contributed by atoms with Crippen molar-refractivity contribution in [2.24, 2.45) is 5.73 Å². The normalized spacial score (nSPS) is 6.00. The summed E-state index contributed by atoms with van der Waals surface area (Å²) in [5.41, 5.74) is 4.53. The number of amides is 1. The highest BCUT2D eigenvalue weighted by atomic mass is 16.1. The summed E-state index contributed by atoms with van der Waals surface area (Å²) in [6.45, 7) is 0. The maximum Gasteiger partial charge on any atom is 0.250 e. The van der Waals surface area contributed by atoms with Crippen LogP contribution in [0.2, 0.25) is 0 Å². The summed E-state index contributed by atoms with van der Waals surface area (Å²) in [5.74, 6) is 1.08. The van der Waals surface area contributed by atoms with E-state index in [0.29, 0.717) is 0 Å². The van der Waals surface area contributed by atoms with Crippen molar-refractivity contribution in [3.63, 3.8) is 0 Å². The number of nitrogens with one attached hydrogen (secondary N) is 1. The molecule has 0 fully saturated rings. The van der Waals surface area contributed by atoms with Gasteiger partial charge in [-0.2, -0.15) is 0 Å². The molecule has 0 radical (unpaired) electrons. The maximum absolute atomic E-state index is 9.58. The third kappa shape index (κ3) is 2.92. The second-order valence-electron chi connectivity index (χ2n) is 0.691. The number of hydrogen-bond donors (Lipinski definition) is 2. The second-order valence-corrected chi connectivity index (χ2v) is 0.691. The lowest BCUT2D eigenvalue weighted by molar-refractivity contribution is -0.113. The molecule has 0 spiro atoms. The van der Waals surface area contributed by atoms with Crippen LogP contribution in [0.5, 0.6) is 0 Å². The zero-order valence-electron chi connectivity index (χ0n) is 3.06. The van der Waals surface area contributed by atoms with Gasteiger partial charge in [0.25, 0.3) is 5.91 Å². The van der Waals surface area contributed by atoms with Crippen molar-refractivity contribution in [1.29, 1.82) is 5.41 Å². The Hall–Kier alpha value is -1.08. The van der Waals surface area contributed by atoms with Crippen LogP contribution in [0.1, 0.15) is 0 Å². The topological polar surface area (TPSA) is 66.9 Å². The van der Waals surface area contributed by atoms with Gasteiger partial charge in [0.15, 0.2) is 0 Å². The van der Waals surface area contributed by atoms with Crippen LogP contribution in [-0.4, -0.2) is 11.8 Å². The Labute approximate surface area is 35.0 Å². The van der Waals surface area contributed by atoms with Gasteiger partial charge in [0, 0.05) is 0 Å². The van der Waals surface area contributed by atoms with Crippen molar-refractivity contribution in [3.8, 4) is 0 Å². The molecule has 0 aliphatic heterocycles. The Morgan fingerprint density at radius 1 is 2.00 bits per heavy atom. The van der Waals surface area contributed by atoms with E-state index in [1.54, 1.807) is 5.87 Å². The van der Waals surface area contributed by atoms with Gasteiger partial charge in [0.05, 0.1) is 6.08 Å². The van der Waals surface area contributed by atoms with Crippen LogP contribution in [0.25, 0.3) is 0 Å². The zero-order chi connectivity index (χ0) is 4.99. The minimum absolute atomic E-state index is 0.634. The predicted octanol–water partition coefficient (Wildman–Crippen LogP) is -0.724. The summed E-state index contributed by atoms with van der Waals surface area (Å²) in [4.78, 5) is 9.58. The molecule has 3 nitrogen and oxygen atoms in total. The van der Waals surface area contributed by atoms with E-state index in [1.807, 2.05) is 0 Å². The molecule has 0 aromatic rings. The van der Waals surface area contributed by atoms with Crippen molar-refractivity contribution in [1.82, 2.24) is 0 Å². The van der Waals surface area contributed by atoms with Crippen LogP contribution >= 0.6 is 0 Å². The van der Waals surface area contributed by atoms with Gasteiger partial charge in [0.2, 0.25) is 0 Å². The highest BCUT2D eigenvalue weighted by Crippen LogP contribution is 1.48. The average molecular weight is 84.1 g/mol. The standard InChI is InChI=1S/C3H4N2O/c4-2-1-3(5)6/h1,4H,(H2,5,6). The van der Waals surface area contributed by atoms with Crippen molar-refractivity contribution in [3.05, 3.63) is 6.08 Å². The SMILES string of the molecule is N=C=CC(N)=O. The zero-order valence-corrected chi connectivity index (χ0v) is 3.06. The number of rotatable bonds is 1. The minimum Gasteiger partial charge on any atom is -0.366 e. The molecule has 0 saturated carbocycles. The quantitative estimate of drug-likeness (QED) is 0.319. The second kappa shape index (κ2) is 2.18. The maximum atomic E-state index is 9.58. The van der Waals surface area contributed by atoms with Crippen LogP contribution in [0.4, 0.5) is 0 Å². The van der Waals surface area contributed by atoms with E-state index >= 15 is 0 Å².